The van der Waals surface area contributed by atoms with E-state index in [1.807, 2.05) is 0 Å². The van der Waals surface area contributed by atoms with E-state index in [-0.39, 0.29) is 11.3 Å². The summed E-state index contributed by atoms with van der Waals surface area (Å²) < 4.78 is 0. The first-order valence-electron chi connectivity index (χ1n) is 9.11. The van der Waals surface area contributed by atoms with Gasteiger partial charge in [-0.05, 0) is 79.6 Å². The number of carbonyl (C=O) groups is 1. The molecule has 3 atom stereocenters. The van der Waals surface area contributed by atoms with Crippen LogP contribution in [0.3, 0.4) is 0 Å². The first-order valence-corrected chi connectivity index (χ1v) is 9.11. The highest BCUT2D eigenvalue weighted by molar-refractivity contribution is 5.89. The molecule has 0 radical (unpaired) electrons. The summed E-state index contributed by atoms with van der Waals surface area (Å²) in [7, 11) is 0. The fraction of sp³-hybridized carbons (Fsp3) is 0.682. The molecule has 23 heavy (non-hydrogen) atoms. The fourth-order valence-electron chi connectivity index (χ4n) is 3.68. The summed E-state index contributed by atoms with van der Waals surface area (Å²) in [5.41, 5.74) is 3.87. The lowest BCUT2D eigenvalue weighted by molar-refractivity contribution is -0.129. The van der Waals surface area contributed by atoms with Gasteiger partial charge in [0.25, 0.3) is 0 Å². The minimum Gasteiger partial charge on any atom is -0.299 e. The lowest BCUT2D eigenvalue weighted by Gasteiger charge is -2.29. The molecule has 0 aromatic carbocycles. The van der Waals surface area contributed by atoms with E-state index in [2.05, 4.69) is 66.7 Å². The molecule has 1 nitrogen and oxygen atoms in total. The van der Waals surface area contributed by atoms with Gasteiger partial charge in [0.2, 0.25) is 0 Å². The minimum atomic E-state index is -0.155. The van der Waals surface area contributed by atoms with Crippen LogP contribution in [0.5, 0.6) is 0 Å². The number of rotatable bonds is 7. The van der Waals surface area contributed by atoms with Gasteiger partial charge in [-0.25, -0.2) is 0 Å². The molecule has 1 aliphatic carbocycles. The number of ketones is 1. The van der Waals surface area contributed by atoms with Gasteiger partial charge in [0.05, 0.1) is 0 Å². The summed E-state index contributed by atoms with van der Waals surface area (Å²) in [6, 6.07) is 0. The van der Waals surface area contributed by atoms with Gasteiger partial charge in [-0.2, -0.15) is 0 Å². The molecule has 1 saturated carbocycles. The van der Waals surface area contributed by atoms with E-state index in [0.29, 0.717) is 11.7 Å². The molecule has 0 heterocycles. The van der Waals surface area contributed by atoms with Crippen LogP contribution >= 0.6 is 0 Å². The second-order valence-electron chi connectivity index (χ2n) is 8.27. The second kappa shape index (κ2) is 8.66. The number of hydrogen-bond acceptors (Lipinski definition) is 1. The number of Topliss-reactive ketones (excluding diaryl/α,β-unsaturated/α-hetero) is 1. The normalized spacial score (nSPS) is 26.8. The molecule has 1 heteroatoms. The monoisotopic (exact) mass is 316 g/mol. The first kappa shape index (κ1) is 19.9. The summed E-state index contributed by atoms with van der Waals surface area (Å²) in [6.45, 7) is 15.0. The van der Waals surface area contributed by atoms with E-state index >= 15 is 0 Å². The Bertz CT molecular complexity index is 494. The Balaban J connectivity index is 2.93. The van der Waals surface area contributed by atoms with Crippen LogP contribution in [0.15, 0.2) is 34.9 Å². The molecule has 0 aliphatic heterocycles. The Morgan fingerprint density at radius 3 is 2.00 bits per heavy atom. The molecule has 1 unspecified atom stereocenters. The lowest BCUT2D eigenvalue weighted by Crippen LogP contribution is -2.30. The fourth-order valence-corrected chi connectivity index (χ4v) is 3.68. The van der Waals surface area contributed by atoms with Crippen LogP contribution in [0, 0.1) is 17.3 Å². The van der Waals surface area contributed by atoms with Crippen molar-refractivity contribution in [2.24, 2.45) is 17.3 Å². The predicted octanol–water partition coefficient (Wildman–Crippen LogP) is 6.66. The van der Waals surface area contributed by atoms with Crippen molar-refractivity contribution in [3.63, 3.8) is 0 Å². The summed E-state index contributed by atoms with van der Waals surface area (Å²) >= 11 is 0. The third-order valence-electron chi connectivity index (χ3n) is 5.24. The van der Waals surface area contributed by atoms with Gasteiger partial charge in [-0.1, -0.05) is 41.9 Å². The highest BCUT2D eigenvalue weighted by Gasteiger charge is 2.49. The Labute approximate surface area is 143 Å². The van der Waals surface area contributed by atoms with Crippen LogP contribution in [-0.4, -0.2) is 5.78 Å². The van der Waals surface area contributed by atoms with Crippen molar-refractivity contribution in [3.05, 3.63) is 34.9 Å². The van der Waals surface area contributed by atoms with E-state index in [1.165, 1.54) is 16.7 Å². The highest BCUT2D eigenvalue weighted by Crippen LogP contribution is 2.49. The van der Waals surface area contributed by atoms with Crippen molar-refractivity contribution >= 4 is 5.78 Å². The topological polar surface area (TPSA) is 17.1 Å². The molecule has 130 valence electrons. The zero-order valence-electron chi connectivity index (χ0n) is 16.3. The molecule has 0 aromatic rings. The molecule has 0 saturated heterocycles. The molecule has 0 spiro atoms. The summed E-state index contributed by atoms with van der Waals surface area (Å²) in [4.78, 5) is 13.1. The Morgan fingerprint density at radius 1 is 0.957 bits per heavy atom. The maximum absolute atomic E-state index is 13.1. The minimum absolute atomic E-state index is 0.155. The average molecular weight is 317 g/mol. The van der Waals surface area contributed by atoms with Gasteiger partial charge >= 0.3 is 0 Å². The van der Waals surface area contributed by atoms with Crippen LogP contribution in [0.1, 0.15) is 80.6 Å². The standard InChI is InChI=1S/C22H36O/c1-16(2)9-8-14-22(7)20(13-11-18(5)6)15-19(21(22)23)12-10-17(3)4/h9-11,19-20H,8,12-15H2,1-7H3/t19?,20-,22+/m0/s1. The van der Waals surface area contributed by atoms with E-state index < -0.39 is 0 Å². The Hall–Kier alpha value is -1.11. The van der Waals surface area contributed by atoms with Crippen LogP contribution in [0.25, 0.3) is 0 Å². The Morgan fingerprint density at radius 2 is 1.48 bits per heavy atom. The first-order chi connectivity index (χ1) is 10.7. The second-order valence-corrected chi connectivity index (χ2v) is 8.27. The molecule has 1 aliphatic rings. The lowest BCUT2D eigenvalue weighted by atomic mass is 9.73. The molecular formula is C22H36O. The van der Waals surface area contributed by atoms with Gasteiger partial charge < -0.3 is 0 Å². The maximum Gasteiger partial charge on any atom is 0.142 e. The molecular weight excluding hydrogens is 280 g/mol. The van der Waals surface area contributed by atoms with Gasteiger partial charge in [0.15, 0.2) is 0 Å². The third-order valence-corrected chi connectivity index (χ3v) is 5.24. The summed E-state index contributed by atoms with van der Waals surface area (Å²) in [6.07, 6.45) is 11.9. The number of hydrogen-bond donors (Lipinski definition) is 0. The van der Waals surface area contributed by atoms with Gasteiger partial charge in [-0.3, -0.25) is 4.79 Å². The van der Waals surface area contributed by atoms with E-state index in [9.17, 15) is 4.79 Å². The van der Waals surface area contributed by atoms with Crippen LogP contribution in [0.2, 0.25) is 0 Å². The highest BCUT2D eigenvalue weighted by atomic mass is 16.1. The number of allylic oxidation sites excluding steroid dienone is 6. The quantitative estimate of drug-likeness (QED) is 0.480. The third kappa shape index (κ3) is 5.79. The van der Waals surface area contributed by atoms with Crippen molar-refractivity contribution in [1.29, 1.82) is 0 Å². The van der Waals surface area contributed by atoms with E-state index in [4.69, 9.17) is 0 Å². The van der Waals surface area contributed by atoms with Crippen LogP contribution in [-0.2, 0) is 4.79 Å². The average Bonchev–Trinajstić information content (AvgIpc) is 2.67. The summed E-state index contributed by atoms with van der Waals surface area (Å²) in [5.74, 6) is 1.22. The number of carbonyl (C=O) groups excluding carboxylic acids is 1. The van der Waals surface area contributed by atoms with Crippen molar-refractivity contribution < 1.29 is 4.79 Å². The molecule has 0 bridgehead atoms. The molecule has 0 amide bonds. The maximum atomic E-state index is 13.1. The zero-order chi connectivity index (χ0) is 17.6. The van der Waals surface area contributed by atoms with Crippen molar-refractivity contribution in [2.75, 3.05) is 0 Å². The molecule has 1 fully saturated rings. The van der Waals surface area contributed by atoms with Gasteiger partial charge in [0, 0.05) is 11.3 Å². The zero-order valence-corrected chi connectivity index (χ0v) is 16.3. The molecule has 0 N–H and O–H groups in total. The summed E-state index contributed by atoms with van der Waals surface area (Å²) in [5, 5.41) is 0. The Kier molecular flexibility index (Phi) is 7.51. The van der Waals surface area contributed by atoms with E-state index in [1.54, 1.807) is 0 Å². The predicted molar refractivity (Wildman–Crippen MR) is 101 cm³/mol. The van der Waals surface area contributed by atoms with Crippen LogP contribution < -0.4 is 0 Å². The van der Waals surface area contributed by atoms with Gasteiger partial charge in [0.1, 0.15) is 5.78 Å². The van der Waals surface area contributed by atoms with Gasteiger partial charge in [-0.15, -0.1) is 0 Å². The SMILES string of the molecule is CC(C)=CCC[C@@]1(C)C(=O)C(CC=C(C)C)C[C@@H]1CC=C(C)C. The van der Waals surface area contributed by atoms with Crippen molar-refractivity contribution in [1.82, 2.24) is 0 Å². The van der Waals surface area contributed by atoms with E-state index in [0.717, 1.165) is 32.1 Å². The van der Waals surface area contributed by atoms with Crippen molar-refractivity contribution in [3.8, 4) is 0 Å². The van der Waals surface area contributed by atoms with Crippen molar-refractivity contribution in [2.45, 2.75) is 80.6 Å². The molecule has 0 aromatic heterocycles. The van der Waals surface area contributed by atoms with Crippen LogP contribution in [0.4, 0.5) is 0 Å². The largest absolute Gasteiger partial charge is 0.299 e. The smallest absolute Gasteiger partial charge is 0.142 e. The molecule has 1 rings (SSSR count).